The first-order chi connectivity index (χ1) is 13.7. The molecule has 0 amide bonds. The van der Waals surface area contributed by atoms with Gasteiger partial charge in [0.25, 0.3) is 0 Å². The van der Waals surface area contributed by atoms with Crippen LogP contribution in [-0.2, 0) is 6.54 Å². The lowest BCUT2D eigenvalue weighted by Crippen LogP contribution is -2.53. The summed E-state index contributed by atoms with van der Waals surface area (Å²) in [5.74, 6) is 1.09. The van der Waals surface area contributed by atoms with Crippen LogP contribution in [0.1, 0.15) is 19.4 Å². The molecular weight excluding hydrogens is 475 g/mol. The van der Waals surface area contributed by atoms with Crippen molar-refractivity contribution < 1.29 is 0 Å². The van der Waals surface area contributed by atoms with Crippen molar-refractivity contribution in [3.05, 3.63) is 35.9 Å². The third-order valence-electron chi connectivity index (χ3n) is 5.92. The number of likely N-dealkylation sites (N-methyl/N-ethyl adjacent to an activating group) is 1. The molecule has 1 aromatic rings. The summed E-state index contributed by atoms with van der Waals surface area (Å²) in [6.07, 6.45) is 0. The molecule has 1 aromatic carbocycles. The van der Waals surface area contributed by atoms with Crippen LogP contribution >= 0.6 is 24.0 Å². The summed E-state index contributed by atoms with van der Waals surface area (Å²) in [4.78, 5) is 15.0. The number of hydrogen-bond acceptors (Lipinski definition) is 4. The van der Waals surface area contributed by atoms with Crippen molar-refractivity contribution in [1.82, 2.24) is 24.9 Å². The highest BCUT2D eigenvalue weighted by Crippen LogP contribution is 2.10. The van der Waals surface area contributed by atoms with Crippen LogP contribution in [0.4, 0.5) is 0 Å². The smallest absolute Gasteiger partial charge is 0.194 e. The summed E-state index contributed by atoms with van der Waals surface area (Å²) in [6, 6.07) is 11.3. The van der Waals surface area contributed by atoms with Crippen molar-refractivity contribution in [2.75, 3.05) is 72.5 Å². The van der Waals surface area contributed by atoms with Crippen molar-refractivity contribution in [1.29, 1.82) is 0 Å². The molecule has 6 nitrogen and oxygen atoms in total. The molecule has 0 bridgehead atoms. The lowest BCUT2D eigenvalue weighted by Gasteiger charge is -2.37. The molecule has 164 valence electrons. The van der Waals surface area contributed by atoms with Crippen molar-refractivity contribution in [3.8, 4) is 0 Å². The molecule has 0 spiro atoms. The first-order valence-corrected chi connectivity index (χ1v) is 10.9. The van der Waals surface area contributed by atoms with E-state index in [4.69, 9.17) is 4.99 Å². The fourth-order valence-electron chi connectivity index (χ4n) is 3.98. The van der Waals surface area contributed by atoms with Gasteiger partial charge in [0.2, 0.25) is 0 Å². The lowest BCUT2D eigenvalue weighted by molar-refractivity contribution is 0.121. The second-order valence-electron chi connectivity index (χ2n) is 8.13. The van der Waals surface area contributed by atoms with Crippen molar-refractivity contribution in [3.63, 3.8) is 0 Å². The highest BCUT2D eigenvalue weighted by molar-refractivity contribution is 14.0. The van der Waals surface area contributed by atoms with Crippen molar-refractivity contribution >= 4 is 29.9 Å². The van der Waals surface area contributed by atoms with Gasteiger partial charge in [-0.3, -0.25) is 14.8 Å². The molecule has 0 saturated carbocycles. The Hall–Kier alpha value is -0.900. The Labute approximate surface area is 194 Å². The van der Waals surface area contributed by atoms with E-state index in [9.17, 15) is 0 Å². The van der Waals surface area contributed by atoms with E-state index in [1.807, 2.05) is 0 Å². The van der Waals surface area contributed by atoms with Gasteiger partial charge < -0.3 is 15.1 Å². The number of aliphatic imine (C=N–C) groups is 1. The minimum Gasteiger partial charge on any atom is -0.357 e. The lowest BCUT2D eigenvalue weighted by atomic mass is 10.2. The van der Waals surface area contributed by atoms with Crippen LogP contribution in [-0.4, -0.2) is 104 Å². The summed E-state index contributed by atoms with van der Waals surface area (Å²) >= 11 is 0. The molecule has 1 atom stereocenters. The van der Waals surface area contributed by atoms with Gasteiger partial charge in [-0.15, -0.1) is 24.0 Å². The second kappa shape index (κ2) is 12.7. The Kier molecular flexibility index (Phi) is 10.7. The maximum atomic E-state index is 5.00. The maximum Gasteiger partial charge on any atom is 0.194 e. The minimum atomic E-state index is 0. The number of benzene rings is 1. The summed E-state index contributed by atoms with van der Waals surface area (Å²) in [5.41, 5.74) is 1.40. The van der Waals surface area contributed by atoms with E-state index in [-0.39, 0.29) is 24.0 Å². The zero-order valence-corrected chi connectivity index (χ0v) is 20.7. The molecule has 1 N–H and O–H groups in total. The SMILES string of the molecule is CCNC(=NCC(C)N1CCN(C)CC1)N1CCN(Cc2ccccc2)CC1.I. The zero-order chi connectivity index (χ0) is 19.8. The Morgan fingerprint density at radius 1 is 1.00 bits per heavy atom. The van der Waals surface area contributed by atoms with Gasteiger partial charge in [0.05, 0.1) is 6.54 Å². The predicted octanol–water partition coefficient (Wildman–Crippen LogP) is 2.02. The molecule has 7 heteroatoms. The third-order valence-corrected chi connectivity index (χ3v) is 5.92. The number of halogens is 1. The van der Waals surface area contributed by atoms with Gasteiger partial charge in [-0.2, -0.15) is 0 Å². The average Bonchev–Trinajstić information content (AvgIpc) is 2.73. The van der Waals surface area contributed by atoms with Crippen molar-refractivity contribution in [2.45, 2.75) is 26.4 Å². The van der Waals surface area contributed by atoms with Gasteiger partial charge in [0.15, 0.2) is 5.96 Å². The molecule has 0 aromatic heterocycles. The molecular formula is C22H39IN6. The first-order valence-electron chi connectivity index (χ1n) is 10.9. The van der Waals surface area contributed by atoms with E-state index in [1.54, 1.807) is 0 Å². The van der Waals surface area contributed by atoms with Crippen LogP contribution in [0, 0.1) is 0 Å². The molecule has 2 aliphatic heterocycles. The number of guanidine groups is 1. The van der Waals surface area contributed by atoms with Crippen LogP contribution in [0.5, 0.6) is 0 Å². The third kappa shape index (κ3) is 7.70. The van der Waals surface area contributed by atoms with Gasteiger partial charge in [-0.25, -0.2) is 0 Å². The van der Waals surface area contributed by atoms with Crippen molar-refractivity contribution in [2.24, 2.45) is 4.99 Å². The molecule has 3 rings (SSSR count). The second-order valence-corrected chi connectivity index (χ2v) is 8.13. The van der Waals surface area contributed by atoms with Crippen LogP contribution in [0.25, 0.3) is 0 Å². The van der Waals surface area contributed by atoms with Gasteiger partial charge in [-0.05, 0) is 26.5 Å². The Morgan fingerprint density at radius 2 is 1.66 bits per heavy atom. The molecule has 0 aliphatic carbocycles. The van der Waals surface area contributed by atoms with E-state index >= 15 is 0 Å². The molecule has 2 heterocycles. The number of hydrogen-bond donors (Lipinski definition) is 1. The molecule has 29 heavy (non-hydrogen) atoms. The molecule has 2 saturated heterocycles. The van der Waals surface area contributed by atoms with Gasteiger partial charge in [-0.1, -0.05) is 30.3 Å². The summed E-state index contributed by atoms with van der Waals surface area (Å²) in [5, 5.41) is 3.51. The molecule has 2 fully saturated rings. The fourth-order valence-corrected chi connectivity index (χ4v) is 3.98. The van der Waals surface area contributed by atoms with Crippen LogP contribution in [0.2, 0.25) is 0 Å². The monoisotopic (exact) mass is 514 g/mol. The number of nitrogens with one attached hydrogen (secondary N) is 1. The predicted molar refractivity (Wildman–Crippen MR) is 133 cm³/mol. The van der Waals surface area contributed by atoms with Crippen LogP contribution in [0.15, 0.2) is 35.3 Å². The van der Waals surface area contributed by atoms with Gasteiger partial charge in [0.1, 0.15) is 0 Å². The zero-order valence-electron chi connectivity index (χ0n) is 18.4. The Morgan fingerprint density at radius 3 is 2.28 bits per heavy atom. The first kappa shape index (κ1) is 24.4. The molecule has 0 radical (unpaired) electrons. The van der Waals surface area contributed by atoms with Crippen LogP contribution < -0.4 is 5.32 Å². The summed E-state index contributed by atoms with van der Waals surface area (Å²) < 4.78 is 0. The van der Waals surface area contributed by atoms with E-state index < -0.39 is 0 Å². The fraction of sp³-hybridized carbons (Fsp3) is 0.682. The quantitative estimate of drug-likeness (QED) is 0.357. The highest BCUT2D eigenvalue weighted by Gasteiger charge is 2.21. The number of nitrogens with zero attached hydrogens (tertiary/aromatic N) is 5. The topological polar surface area (TPSA) is 37.4 Å². The van der Waals surface area contributed by atoms with Gasteiger partial charge in [0, 0.05) is 71.5 Å². The van der Waals surface area contributed by atoms with E-state index in [2.05, 4.69) is 76.1 Å². The largest absolute Gasteiger partial charge is 0.357 e. The van der Waals surface area contributed by atoms with Crippen LogP contribution in [0.3, 0.4) is 0 Å². The average molecular weight is 515 g/mol. The number of piperazine rings is 2. The summed E-state index contributed by atoms with van der Waals surface area (Å²) in [7, 11) is 2.21. The molecule has 1 unspecified atom stereocenters. The Balaban J connectivity index is 0.00000300. The van der Waals surface area contributed by atoms with E-state index in [1.165, 1.54) is 5.56 Å². The van der Waals surface area contributed by atoms with E-state index in [0.717, 1.165) is 78.0 Å². The Bertz CT molecular complexity index is 595. The number of rotatable bonds is 6. The summed E-state index contributed by atoms with van der Waals surface area (Å²) in [6.45, 7) is 16.2. The minimum absolute atomic E-state index is 0. The highest BCUT2D eigenvalue weighted by atomic mass is 127. The normalized spacial score (nSPS) is 20.9. The van der Waals surface area contributed by atoms with Gasteiger partial charge >= 0.3 is 0 Å². The molecule has 2 aliphatic rings. The standard InChI is InChI=1S/C22H38N6.HI/c1-4-23-22(24-18-20(2)27-14-10-25(3)11-15-27)28-16-12-26(13-17-28)19-21-8-6-5-7-9-21;/h5-9,20H,4,10-19H2,1-3H3,(H,23,24);1H. The van der Waals surface area contributed by atoms with E-state index in [0.29, 0.717) is 6.04 Å². The maximum absolute atomic E-state index is 5.00.